The van der Waals surface area contributed by atoms with Crippen molar-refractivity contribution in [2.75, 3.05) is 7.11 Å². The van der Waals surface area contributed by atoms with Crippen molar-refractivity contribution >= 4 is 28.1 Å². The first-order valence-electron chi connectivity index (χ1n) is 5.78. The zero-order valence-corrected chi connectivity index (χ0v) is 12.3. The molecule has 0 aliphatic heterocycles. The zero-order valence-electron chi connectivity index (χ0n) is 10.7. The normalized spacial score (nSPS) is 10.9. The van der Waals surface area contributed by atoms with Gasteiger partial charge in [-0.05, 0) is 43.3 Å². The predicted octanol–water partition coefficient (Wildman–Crippen LogP) is 4.04. The minimum absolute atomic E-state index is 0.120. The highest BCUT2D eigenvalue weighted by Gasteiger charge is 2.07. The number of phenols is 1. The highest BCUT2D eigenvalue weighted by Crippen LogP contribution is 2.34. The van der Waals surface area contributed by atoms with Crippen molar-refractivity contribution in [1.29, 1.82) is 0 Å². The molecule has 0 unspecified atom stereocenters. The number of hydrogen-bond donors (Lipinski definition) is 1. The van der Waals surface area contributed by atoms with E-state index in [4.69, 9.17) is 4.74 Å². The Morgan fingerprint density at radius 2 is 2.05 bits per heavy atom. The maximum atomic E-state index is 10.0. The number of rotatable bonds is 3. The van der Waals surface area contributed by atoms with Crippen LogP contribution in [0.25, 0.3) is 12.2 Å². The van der Waals surface area contributed by atoms with Gasteiger partial charge in [0.05, 0.1) is 12.8 Å². The van der Waals surface area contributed by atoms with Gasteiger partial charge in [-0.1, -0.05) is 22.0 Å². The lowest BCUT2D eigenvalue weighted by Gasteiger charge is -2.07. The molecule has 1 heterocycles. The standard InChI is InChI=1S/C15H14BrNO2/c1-10-4-3-5-13(17-10)7-6-11-8-12(16)9-14(19-2)15(11)18/h3-9,18H,1-2H3. The molecule has 0 saturated carbocycles. The number of ether oxygens (including phenoxy) is 1. The maximum absolute atomic E-state index is 10.0. The molecule has 0 bridgehead atoms. The lowest BCUT2D eigenvalue weighted by atomic mass is 10.1. The van der Waals surface area contributed by atoms with Crippen LogP contribution in [0, 0.1) is 6.92 Å². The van der Waals surface area contributed by atoms with Gasteiger partial charge in [0, 0.05) is 15.7 Å². The van der Waals surface area contributed by atoms with Crippen LogP contribution >= 0.6 is 15.9 Å². The first-order chi connectivity index (χ1) is 9.10. The average molecular weight is 320 g/mol. The number of aromatic hydroxyl groups is 1. The number of aromatic nitrogens is 1. The summed E-state index contributed by atoms with van der Waals surface area (Å²) in [6, 6.07) is 9.35. The van der Waals surface area contributed by atoms with E-state index in [-0.39, 0.29) is 5.75 Å². The summed E-state index contributed by atoms with van der Waals surface area (Å²) < 4.78 is 5.95. The summed E-state index contributed by atoms with van der Waals surface area (Å²) in [5.41, 5.74) is 2.48. The minimum Gasteiger partial charge on any atom is -0.504 e. The van der Waals surface area contributed by atoms with Crippen LogP contribution in [0.15, 0.2) is 34.8 Å². The van der Waals surface area contributed by atoms with Crippen molar-refractivity contribution in [2.45, 2.75) is 6.92 Å². The highest BCUT2D eigenvalue weighted by molar-refractivity contribution is 9.10. The van der Waals surface area contributed by atoms with Gasteiger partial charge in [0.1, 0.15) is 0 Å². The van der Waals surface area contributed by atoms with Crippen molar-refractivity contribution < 1.29 is 9.84 Å². The SMILES string of the molecule is COc1cc(Br)cc(C=Cc2cccc(C)n2)c1O. The Morgan fingerprint density at radius 1 is 1.26 bits per heavy atom. The molecule has 0 aliphatic rings. The molecular weight excluding hydrogens is 306 g/mol. The molecule has 1 aromatic heterocycles. The predicted molar refractivity (Wildman–Crippen MR) is 80.3 cm³/mol. The third-order valence-corrected chi connectivity index (χ3v) is 3.09. The lowest BCUT2D eigenvalue weighted by Crippen LogP contribution is -1.87. The molecule has 0 radical (unpaired) electrons. The lowest BCUT2D eigenvalue weighted by molar-refractivity contribution is 0.372. The van der Waals surface area contributed by atoms with E-state index in [2.05, 4.69) is 20.9 Å². The van der Waals surface area contributed by atoms with E-state index in [9.17, 15) is 5.11 Å². The van der Waals surface area contributed by atoms with E-state index in [1.165, 1.54) is 7.11 Å². The quantitative estimate of drug-likeness (QED) is 0.928. The number of phenolic OH excluding ortho intramolecular Hbond substituents is 1. The number of aryl methyl sites for hydroxylation is 1. The molecular formula is C15H14BrNO2. The first-order valence-corrected chi connectivity index (χ1v) is 6.57. The van der Waals surface area contributed by atoms with Crippen molar-refractivity contribution in [3.63, 3.8) is 0 Å². The third kappa shape index (κ3) is 3.35. The Labute approximate surface area is 120 Å². The second-order valence-corrected chi connectivity index (χ2v) is 5.00. The summed E-state index contributed by atoms with van der Waals surface area (Å²) >= 11 is 3.39. The van der Waals surface area contributed by atoms with Crippen LogP contribution in [0.5, 0.6) is 11.5 Å². The zero-order chi connectivity index (χ0) is 13.8. The summed E-state index contributed by atoms with van der Waals surface area (Å²) in [5, 5.41) is 10.0. The Hall–Kier alpha value is -1.81. The van der Waals surface area contributed by atoms with Crippen LogP contribution < -0.4 is 4.74 Å². The molecule has 0 spiro atoms. The van der Waals surface area contributed by atoms with Gasteiger partial charge in [0.15, 0.2) is 11.5 Å². The molecule has 2 aromatic rings. The average Bonchev–Trinajstić information content (AvgIpc) is 2.39. The van der Waals surface area contributed by atoms with Gasteiger partial charge >= 0.3 is 0 Å². The molecule has 98 valence electrons. The molecule has 19 heavy (non-hydrogen) atoms. The van der Waals surface area contributed by atoms with Gasteiger partial charge in [-0.25, -0.2) is 0 Å². The largest absolute Gasteiger partial charge is 0.504 e. The molecule has 0 fully saturated rings. The number of nitrogens with zero attached hydrogens (tertiary/aromatic N) is 1. The van der Waals surface area contributed by atoms with Crippen LogP contribution in [0.1, 0.15) is 17.0 Å². The fraction of sp³-hybridized carbons (Fsp3) is 0.133. The van der Waals surface area contributed by atoms with Gasteiger partial charge in [0.25, 0.3) is 0 Å². The van der Waals surface area contributed by atoms with Crippen molar-refractivity contribution in [2.24, 2.45) is 0 Å². The van der Waals surface area contributed by atoms with Crippen LogP contribution in [-0.2, 0) is 0 Å². The highest BCUT2D eigenvalue weighted by atomic mass is 79.9. The first kappa shape index (κ1) is 13.6. The van der Waals surface area contributed by atoms with E-state index < -0.39 is 0 Å². The van der Waals surface area contributed by atoms with E-state index in [0.717, 1.165) is 15.9 Å². The van der Waals surface area contributed by atoms with Crippen LogP contribution in [-0.4, -0.2) is 17.2 Å². The summed E-state index contributed by atoms with van der Waals surface area (Å²) in [6.45, 7) is 1.94. The van der Waals surface area contributed by atoms with Crippen molar-refractivity contribution in [1.82, 2.24) is 4.98 Å². The monoisotopic (exact) mass is 319 g/mol. The number of methoxy groups -OCH3 is 1. The fourth-order valence-electron chi connectivity index (χ4n) is 1.71. The molecule has 0 atom stereocenters. The van der Waals surface area contributed by atoms with E-state index >= 15 is 0 Å². The Bertz CT molecular complexity index is 624. The smallest absolute Gasteiger partial charge is 0.165 e. The minimum atomic E-state index is 0.120. The van der Waals surface area contributed by atoms with Crippen LogP contribution in [0.2, 0.25) is 0 Å². The molecule has 0 amide bonds. The van der Waals surface area contributed by atoms with Gasteiger partial charge in [0.2, 0.25) is 0 Å². The Balaban J connectivity index is 2.35. The Morgan fingerprint density at radius 3 is 2.74 bits per heavy atom. The molecule has 0 aliphatic carbocycles. The number of benzene rings is 1. The van der Waals surface area contributed by atoms with Gasteiger partial charge in [-0.3, -0.25) is 4.98 Å². The fourth-order valence-corrected chi connectivity index (χ4v) is 2.16. The van der Waals surface area contributed by atoms with Gasteiger partial charge < -0.3 is 9.84 Å². The van der Waals surface area contributed by atoms with Crippen LogP contribution in [0.3, 0.4) is 0 Å². The molecule has 3 nitrogen and oxygen atoms in total. The van der Waals surface area contributed by atoms with Crippen molar-refractivity contribution in [3.8, 4) is 11.5 Å². The topological polar surface area (TPSA) is 42.4 Å². The van der Waals surface area contributed by atoms with Crippen LogP contribution in [0.4, 0.5) is 0 Å². The van der Waals surface area contributed by atoms with Gasteiger partial charge in [-0.2, -0.15) is 0 Å². The molecule has 2 rings (SSSR count). The summed E-state index contributed by atoms with van der Waals surface area (Å²) in [5.74, 6) is 0.556. The Kier molecular flexibility index (Phi) is 4.22. The second-order valence-electron chi connectivity index (χ2n) is 4.08. The summed E-state index contributed by atoms with van der Waals surface area (Å²) in [7, 11) is 1.52. The molecule has 1 N–H and O–H groups in total. The van der Waals surface area contributed by atoms with E-state index in [1.54, 1.807) is 6.07 Å². The number of pyridine rings is 1. The maximum Gasteiger partial charge on any atom is 0.165 e. The van der Waals surface area contributed by atoms with Crippen molar-refractivity contribution in [3.05, 3.63) is 51.8 Å². The molecule has 1 aromatic carbocycles. The third-order valence-electron chi connectivity index (χ3n) is 2.63. The molecule has 4 heteroatoms. The number of hydrogen-bond acceptors (Lipinski definition) is 3. The van der Waals surface area contributed by atoms with Gasteiger partial charge in [-0.15, -0.1) is 0 Å². The second kappa shape index (κ2) is 5.89. The summed E-state index contributed by atoms with van der Waals surface area (Å²) in [4.78, 5) is 4.37. The summed E-state index contributed by atoms with van der Waals surface area (Å²) in [6.07, 6.45) is 3.66. The van der Waals surface area contributed by atoms with E-state index in [0.29, 0.717) is 11.3 Å². The molecule has 0 saturated heterocycles. The number of halogens is 1. The van der Waals surface area contributed by atoms with E-state index in [1.807, 2.05) is 43.3 Å².